The maximum absolute atomic E-state index is 12.3. The summed E-state index contributed by atoms with van der Waals surface area (Å²) in [4.78, 5) is 38.9. The third kappa shape index (κ3) is 3.44. The fourth-order valence-electron chi connectivity index (χ4n) is 3.05. The highest BCUT2D eigenvalue weighted by atomic mass is 32.2. The Hall–Kier alpha value is -2.33. The molecule has 2 aliphatic rings. The van der Waals surface area contributed by atoms with E-state index in [-0.39, 0.29) is 28.8 Å². The van der Waals surface area contributed by atoms with Crippen molar-refractivity contribution in [2.45, 2.75) is 25.3 Å². The minimum atomic E-state index is -0.197. The van der Waals surface area contributed by atoms with Gasteiger partial charge >= 0.3 is 0 Å². The van der Waals surface area contributed by atoms with E-state index < -0.39 is 0 Å². The Bertz CT molecular complexity index is 695. The molecule has 3 rings (SSSR count). The Kier molecular flexibility index (Phi) is 4.86. The van der Waals surface area contributed by atoms with Gasteiger partial charge in [0.05, 0.1) is 23.4 Å². The molecule has 1 aromatic rings. The normalized spacial score (nSPS) is 20.5. The van der Waals surface area contributed by atoms with Crippen molar-refractivity contribution in [3.05, 3.63) is 35.4 Å². The SMILES string of the molecule is N#Cc1ccc(CCC(=O)N2CC[C@@H](N3C(=O)CSC3=O)C2)cc1. The summed E-state index contributed by atoms with van der Waals surface area (Å²) in [5.41, 5.74) is 1.62. The van der Waals surface area contributed by atoms with Crippen molar-refractivity contribution in [3.63, 3.8) is 0 Å². The number of aryl methyl sites for hydroxylation is 1. The van der Waals surface area contributed by atoms with E-state index in [0.29, 0.717) is 37.9 Å². The van der Waals surface area contributed by atoms with E-state index in [1.54, 1.807) is 17.0 Å². The van der Waals surface area contributed by atoms with Gasteiger partial charge in [-0.05, 0) is 30.5 Å². The third-order valence-corrected chi connectivity index (χ3v) is 5.21. The largest absolute Gasteiger partial charge is 0.341 e. The second kappa shape index (κ2) is 7.05. The number of thioether (sulfide) groups is 1. The maximum atomic E-state index is 12.3. The van der Waals surface area contributed by atoms with Gasteiger partial charge in [0.15, 0.2) is 0 Å². The number of hydrogen-bond donors (Lipinski definition) is 0. The number of imide groups is 1. The van der Waals surface area contributed by atoms with Crippen LogP contribution in [0.5, 0.6) is 0 Å². The number of carbonyl (C=O) groups excluding carboxylic acids is 3. The zero-order valence-electron chi connectivity index (χ0n) is 13.1. The smallest absolute Gasteiger partial charge is 0.289 e. The predicted molar refractivity (Wildman–Crippen MR) is 89.2 cm³/mol. The average Bonchev–Trinajstić information content (AvgIpc) is 3.20. The fourth-order valence-corrected chi connectivity index (χ4v) is 3.83. The maximum Gasteiger partial charge on any atom is 0.289 e. The molecule has 0 spiro atoms. The highest BCUT2D eigenvalue weighted by molar-refractivity contribution is 8.14. The minimum Gasteiger partial charge on any atom is -0.341 e. The molecule has 6 nitrogen and oxygen atoms in total. The van der Waals surface area contributed by atoms with E-state index >= 15 is 0 Å². The molecule has 0 aromatic heterocycles. The summed E-state index contributed by atoms with van der Waals surface area (Å²) in [6, 6.07) is 9.09. The Balaban J connectivity index is 1.52. The first-order valence-electron chi connectivity index (χ1n) is 7.84. The van der Waals surface area contributed by atoms with Crippen molar-refractivity contribution in [1.82, 2.24) is 9.80 Å². The van der Waals surface area contributed by atoms with E-state index in [1.807, 2.05) is 12.1 Å². The van der Waals surface area contributed by atoms with Crippen LogP contribution in [0.25, 0.3) is 0 Å². The average molecular weight is 343 g/mol. The Labute approximate surface area is 144 Å². The first kappa shape index (κ1) is 16.5. The summed E-state index contributed by atoms with van der Waals surface area (Å²) in [5, 5.41) is 8.58. The lowest BCUT2D eigenvalue weighted by Gasteiger charge is -2.22. The number of rotatable bonds is 4. The fraction of sp³-hybridized carbons (Fsp3) is 0.412. The quantitative estimate of drug-likeness (QED) is 0.832. The molecule has 0 N–H and O–H groups in total. The van der Waals surface area contributed by atoms with Crippen molar-refractivity contribution >= 4 is 28.8 Å². The predicted octanol–water partition coefficient (Wildman–Crippen LogP) is 1.79. The van der Waals surface area contributed by atoms with E-state index in [0.717, 1.165) is 17.3 Å². The second-order valence-corrected chi connectivity index (χ2v) is 6.84. The minimum absolute atomic E-state index is 0.0357. The van der Waals surface area contributed by atoms with Gasteiger partial charge in [-0.1, -0.05) is 23.9 Å². The number of likely N-dealkylation sites (tertiary alicyclic amines) is 1. The number of nitrogens with zero attached hydrogens (tertiary/aromatic N) is 3. The van der Waals surface area contributed by atoms with Gasteiger partial charge < -0.3 is 4.90 Å². The van der Waals surface area contributed by atoms with Gasteiger partial charge in [0.1, 0.15) is 0 Å². The monoisotopic (exact) mass is 343 g/mol. The van der Waals surface area contributed by atoms with Gasteiger partial charge in [-0.2, -0.15) is 5.26 Å². The molecular formula is C17H17N3O3S. The molecule has 124 valence electrons. The topological polar surface area (TPSA) is 81.5 Å². The molecule has 0 bridgehead atoms. The molecule has 0 aliphatic carbocycles. The summed E-state index contributed by atoms with van der Waals surface area (Å²) in [7, 11) is 0. The number of amides is 3. The Morgan fingerprint density at radius 1 is 1.29 bits per heavy atom. The summed E-state index contributed by atoms with van der Waals surface area (Å²) < 4.78 is 0. The summed E-state index contributed by atoms with van der Waals surface area (Å²) in [6.07, 6.45) is 1.65. The van der Waals surface area contributed by atoms with Crippen molar-refractivity contribution in [1.29, 1.82) is 5.26 Å². The van der Waals surface area contributed by atoms with Crippen LogP contribution in [-0.2, 0) is 16.0 Å². The molecule has 0 saturated carbocycles. The van der Waals surface area contributed by atoms with Gasteiger partial charge in [0, 0.05) is 19.5 Å². The van der Waals surface area contributed by atoms with Crippen LogP contribution < -0.4 is 0 Å². The molecule has 2 fully saturated rings. The van der Waals surface area contributed by atoms with Gasteiger partial charge in [0.2, 0.25) is 11.8 Å². The van der Waals surface area contributed by atoms with Crippen LogP contribution >= 0.6 is 11.8 Å². The van der Waals surface area contributed by atoms with Crippen LogP contribution in [0.2, 0.25) is 0 Å². The highest BCUT2D eigenvalue weighted by Crippen LogP contribution is 2.26. The molecule has 1 atom stereocenters. The van der Waals surface area contributed by atoms with Crippen LogP contribution in [0.15, 0.2) is 24.3 Å². The van der Waals surface area contributed by atoms with E-state index in [2.05, 4.69) is 6.07 Å². The zero-order chi connectivity index (χ0) is 17.1. The molecule has 7 heteroatoms. The molecule has 3 amide bonds. The van der Waals surface area contributed by atoms with E-state index in [4.69, 9.17) is 5.26 Å². The van der Waals surface area contributed by atoms with Crippen LogP contribution in [0.1, 0.15) is 24.0 Å². The molecule has 2 heterocycles. The van der Waals surface area contributed by atoms with Gasteiger partial charge in [-0.25, -0.2) is 0 Å². The third-order valence-electron chi connectivity index (χ3n) is 4.38. The molecule has 0 radical (unpaired) electrons. The lowest BCUT2D eigenvalue weighted by Crippen LogP contribution is -2.41. The van der Waals surface area contributed by atoms with Crippen molar-refractivity contribution in [2.75, 3.05) is 18.8 Å². The highest BCUT2D eigenvalue weighted by Gasteiger charge is 2.39. The Morgan fingerprint density at radius 2 is 2.04 bits per heavy atom. The molecule has 0 unspecified atom stereocenters. The lowest BCUT2D eigenvalue weighted by atomic mass is 10.1. The molecule has 1 aromatic carbocycles. The van der Waals surface area contributed by atoms with Crippen molar-refractivity contribution in [3.8, 4) is 6.07 Å². The molecule has 2 saturated heterocycles. The standard InChI is InChI=1S/C17H17N3O3S/c18-9-13-3-1-12(2-4-13)5-6-15(21)19-8-7-14(10-19)20-16(22)11-24-17(20)23/h1-4,14H,5-8,10-11H2/t14-/m1/s1. The summed E-state index contributed by atoms with van der Waals surface area (Å²) >= 11 is 1.03. The van der Waals surface area contributed by atoms with Crippen molar-refractivity contribution in [2.24, 2.45) is 0 Å². The number of carbonyl (C=O) groups is 3. The molecule has 2 aliphatic heterocycles. The first-order valence-corrected chi connectivity index (χ1v) is 8.82. The number of benzene rings is 1. The summed E-state index contributed by atoms with van der Waals surface area (Å²) in [5.74, 6) is 0.0950. The Morgan fingerprint density at radius 3 is 2.67 bits per heavy atom. The van der Waals surface area contributed by atoms with Crippen molar-refractivity contribution < 1.29 is 14.4 Å². The second-order valence-electron chi connectivity index (χ2n) is 5.91. The van der Waals surface area contributed by atoms with Crippen LogP contribution in [-0.4, -0.2) is 51.7 Å². The number of nitriles is 1. The van der Waals surface area contributed by atoms with E-state index in [9.17, 15) is 14.4 Å². The van der Waals surface area contributed by atoms with E-state index in [1.165, 1.54) is 4.90 Å². The number of hydrogen-bond acceptors (Lipinski definition) is 5. The summed E-state index contributed by atoms with van der Waals surface area (Å²) in [6.45, 7) is 1.02. The zero-order valence-corrected chi connectivity index (χ0v) is 13.9. The molecular weight excluding hydrogens is 326 g/mol. The molecule has 24 heavy (non-hydrogen) atoms. The van der Waals surface area contributed by atoms with Crippen LogP contribution in [0, 0.1) is 11.3 Å². The van der Waals surface area contributed by atoms with Crippen LogP contribution in [0.4, 0.5) is 4.79 Å². The van der Waals surface area contributed by atoms with Gasteiger partial charge in [0.25, 0.3) is 5.24 Å². The van der Waals surface area contributed by atoms with Gasteiger partial charge in [-0.3, -0.25) is 19.3 Å². The lowest BCUT2D eigenvalue weighted by molar-refractivity contribution is -0.131. The van der Waals surface area contributed by atoms with Gasteiger partial charge in [-0.15, -0.1) is 0 Å². The first-order chi connectivity index (χ1) is 11.6. The van der Waals surface area contributed by atoms with Crippen LogP contribution in [0.3, 0.4) is 0 Å².